The number of aryl methyl sites for hydroxylation is 1. The Morgan fingerprint density at radius 1 is 1.21 bits per heavy atom. The summed E-state index contributed by atoms with van der Waals surface area (Å²) in [6, 6.07) is 8.93. The molecule has 3 heterocycles. The van der Waals surface area contributed by atoms with Gasteiger partial charge >= 0.3 is 0 Å². The average Bonchev–Trinajstić information content (AvgIpc) is 3.32. The molecule has 150 valence electrons. The third-order valence-electron chi connectivity index (χ3n) is 4.68. The second-order valence-corrected chi connectivity index (χ2v) is 7.54. The fraction of sp³-hybridized carbons (Fsp3) is 0.250. The van der Waals surface area contributed by atoms with Crippen molar-refractivity contribution in [3.8, 4) is 11.5 Å². The van der Waals surface area contributed by atoms with Crippen molar-refractivity contribution >= 4 is 33.8 Å². The lowest BCUT2D eigenvalue weighted by Crippen LogP contribution is -2.28. The van der Waals surface area contributed by atoms with Gasteiger partial charge in [0.1, 0.15) is 6.54 Å². The number of hydrogen-bond donors (Lipinski definition) is 1. The number of amides is 1. The molecule has 4 rings (SSSR count). The Morgan fingerprint density at radius 3 is 2.66 bits per heavy atom. The van der Waals surface area contributed by atoms with Crippen LogP contribution in [-0.2, 0) is 17.9 Å². The zero-order chi connectivity index (χ0) is 20.5. The predicted molar refractivity (Wildman–Crippen MR) is 111 cm³/mol. The molecule has 0 saturated heterocycles. The lowest BCUT2D eigenvalue weighted by atomic mass is 10.2. The molecule has 0 spiro atoms. The quantitative estimate of drug-likeness (QED) is 0.525. The Kier molecular flexibility index (Phi) is 4.98. The molecule has 0 fully saturated rings. The van der Waals surface area contributed by atoms with Crippen molar-refractivity contribution in [3.05, 3.63) is 56.6 Å². The van der Waals surface area contributed by atoms with Crippen molar-refractivity contribution in [2.75, 3.05) is 14.2 Å². The number of ether oxygens (including phenoxy) is 2. The van der Waals surface area contributed by atoms with Crippen LogP contribution in [0.2, 0.25) is 0 Å². The van der Waals surface area contributed by atoms with Crippen LogP contribution < -0.4 is 20.3 Å². The third-order valence-corrected chi connectivity index (χ3v) is 5.56. The van der Waals surface area contributed by atoms with Gasteiger partial charge in [-0.15, -0.1) is 11.3 Å². The molecule has 0 unspecified atom stereocenters. The summed E-state index contributed by atoms with van der Waals surface area (Å²) in [5, 5.41) is 5.61. The van der Waals surface area contributed by atoms with E-state index in [1.165, 1.54) is 6.07 Å². The maximum absolute atomic E-state index is 12.7. The summed E-state index contributed by atoms with van der Waals surface area (Å²) in [5.74, 6) is 0.909. The molecule has 1 amide bonds. The van der Waals surface area contributed by atoms with Crippen LogP contribution in [-0.4, -0.2) is 34.3 Å². The fourth-order valence-electron chi connectivity index (χ4n) is 3.39. The molecule has 0 bridgehead atoms. The lowest BCUT2D eigenvalue weighted by molar-refractivity contribution is -0.122. The highest BCUT2D eigenvalue weighted by atomic mass is 32.1. The predicted octanol–water partition coefficient (Wildman–Crippen LogP) is 2.35. The molecule has 0 aliphatic rings. The Morgan fingerprint density at radius 2 is 1.97 bits per heavy atom. The highest BCUT2D eigenvalue weighted by Gasteiger charge is 2.19. The Labute approximate surface area is 170 Å². The van der Waals surface area contributed by atoms with Gasteiger partial charge in [0.05, 0.1) is 26.3 Å². The van der Waals surface area contributed by atoms with Crippen molar-refractivity contribution in [2.45, 2.75) is 20.0 Å². The maximum atomic E-state index is 12.7. The minimum atomic E-state index is -0.335. The number of fused-ring (bicyclic) bond motifs is 3. The maximum Gasteiger partial charge on any atom is 0.273 e. The zero-order valence-electron chi connectivity index (χ0n) is 16.3. The standard InChI is InChI=1S/C20H20N4O4S/c1-12-7-18(25)22-20-14-8-16(27-2)17(28-3)9-15(14)23(24(12)20)11-19(26)21-10-13-5-4-6-29-13/h4-9H,10-11H2,1-3H3,(H,21,26). The van der Waals surface area contributed by atoms with Gasteiger partial charge in [-0.1, -0.05) is 6.07 Å². The lowest BCUT2D eigenvalue weighted by Gasteiger charge is -2.12. The van der Waals surface area contributed by atoms with Crippen molar-refractivity contribution in [1.82, 2.24) is 19.5 Å². The average molecular weight is 412 g/mol. The molecule has 0 aliphatic heterocycles. The van der Waals surface area contributed by atoms with E-state index in [9.17, 15) is 9.59 Å². The molecular weight excluding hydrogens is 392 g/mol. The van der Waals surface area contributed by atoms with Crippen LogP contribution in [0.5, 0.6) is 11.5 Å². The molecule has 9 heteroatoms. The molecule has 0 atom stereocenters. The van der Waals surface area contributed by atoms with Crippen LogP contribution in [0.15, 0.2) is 40.5 Å². The zero-order valence-corrected chi connectivity index (χ0v) is 17.1. The summed E-state index contributed by atoms with van der Waals surface area (Å²) in [5.41, 5.74) is 1.53. The highest BCUT2D eigenvalue weighted by Crippen LogP contribution is 2.34. The molecule has 0 saturated carbocycles. The molecule has 4 aromatic rings. The van der Waals surface area contributed by atoms with Gasteiger partial charge in [-0.3, -0.25) is 14.3 Å². The fourth-order valence-corrected chi connectivity index (χ4v) is 4.03. The van der Waals surface area contributed by atoms with Crippen LogP contribution in [0, 0.1) is 6.92 Å². The first-order valence-electron chi connectivity index (χ1n) is 8.96. The first-order valence-corrected chi connectivity index (χ1v) is 9.83. The van der Waals surface area contributed by atoms with Gasteiger partial charge < -0.3 is 14.8 Å². The van der Waals surface area contributed by atoms with E-state index in [4.69, 9.17) is 9.47 Å². The summed E-state index contributed by atoms with van der Waals surface area (Å²) in [4.78, 5) is 29.9. The van der Waals surface area contributed by atoms with E-state index in [0.29, 0.717) is 34.8 Å². The van der Waals surface area contributed by atoms with Gasteiger partial charge in [-0.05, 0) is 24.4 Å². The number of hydrogen-bond acceptors (Lipinski definition) is 6. The van der Waals surface area contributed by atoms with Crippen LogP contribution in [0.3, 0.4) is 0 Å². The second kappa shape index (κ2) is 7.59. The monoisotopic (exact) mass is 412 g/mol. The van der Waals surface area contributed by atoms with Crippen LogP contribution in [0.1, 0.15) is 10.6 Å². The molecule has 1 aromatic carbocycles. The molecule has 3 aromatic heterocycles. The summed E-state index contributed by atoms with van der Waals surface area (Å²) in [7, 11) is 3.10. The van der Waals surface area contributed by atoms with Crippen molar-refractivity contribution in [3.63, 3.8) is 0 Å². The van der Waals surface area contributed by atoms with E-state index >= 15 is 0 Å². The normalized spacial score (nSPS) is 11.1. The minimum absolute atomic E-state index is 0.0618. The first-order chi connectivity index (χ1) is 14.0. The molecule has 0 radical (unpaired) electrons. The molecule has 1 N–H and O–H groups in total. The van der Waals surface area contributed by atoms with Gasteiger partial charge in [0.15, 0.2) is 17.1 Å². The van der Waals surface area contributed by atoms with Gasteiger partial charge in [0.2, 0.25) is 5.91 Å². The number of thiophene rings is 1. The van der Waals surface area contributed by atoms with Crippen molar-refractivity contribution < 1.29 is 14.3 Å². The number of benzene rings is 1. The van der Waals surface area contributed by atoms with Gasteiger partial charge in [0, 0.05) is 28.1 Å². The number of carbonyl (C=O) groups excluding carboxylic acids is 1. The molecular formula is C20H20N4O4S. The molecule has 8 nitrogen and oxygen atoms in total. The summed E-state index contributed by atoms with van der Waals surface area (Å²) in [6.45, 7) is 2.34. The van der Waals surface area contributed by atoms with E-state index < -0.39 is 0 Å². The second-order valence-electron chi connectivity index (χ2n) is 6.51. The molecule has 29 heavy (non-hydrogen) atoms. The Bertz CT molecular complexity index is 1260. The number of nitrogens with one attached hydrogen (secondary N) is 1. The van der Waals surface area contributed by atoms with Crippen molar-refractivity contribution in [2.24, 2.45) is 0 Å². The van der Waals surface area contributed by atoms with Crippen LogP contribution in [0.4, 0.5) is 0 Å². The Hall–Kier alpha value is -3.33. The van der Waals surface area contributed by atoms with Gasteiger partial charge in [0.25, 0.3) is 5.56 Å². The summed E-state index contributed by atoms with van der Waals surface area (Å²) < 4.78 is 14.4. The third kappa shape index (κ3) is 3.44. The van der Waals surface area contributed by atoms with Gasteiger partial charge in [-0.2, -0.15) is 4.98 Å². The van der Waals surface area contributed by atoms with Crippen LogP contribution in [0.25, 0.3) is 16.6 Å². The highest BCUT2D eigenvalue weighted by molar-refractivity contribution is 7.09. The SMILES string of the molecule is COc1cc2c(cc1OC)n(CC(=O)NCc1cccs1)n1c(C)cc(=O)nc21. The topological polar surface area (TPSA) is 86.9 Å². The first kappa shape index (κ1) is 19.0. The minimum Gasteiger partial charge on any atom is -0.493 e. The number of rotatable bonds is 6. The van der Waals surface area contributed by atoms with E-state index in [-0.39, 0.29) is 18.0 Å². The summed E-state index contributed by atoms with van der Waals surface area (Å²) >= 11 is 1.59. The van der Waals surface area contributed by atoms with Crippen LogP contribution >= 0.6 is 11.3 Å². The largest absolute Gasteiger partial charge is 0.493 e. The van der Waals surface area contributed by atoms with E-state index in [2.05, 4.69) is 10.3 Å². The van der Waals surface area contributed by atoms with Crippen molar-refractivity contribution in [1.29, 1.82) is 0 Å². The summed E-state index contributed by atoms with van der Waals surface area (Å²) in [6.07, 6.45) is 0. The van der Waals surface area contributed by atoms with Gasteiger partial charge in [-0.25, -0.2) is 4.52 Å². The number of methoxy groups -OCH3 is 2. The molecule has 0 aliphatic carbocycles. The van der Waals surface area contributed by atoms with E-state index in [1.54, 1.807) is 46.9 Å². The van der Waals surface area contributed by atoms with E-state index in [0.717, 1.165) is 10.4 Å². The number of nitrogens with zero attached hydrogens (tertiary/aromatic N) is 3. The number of aromatic nitrogens is 3. The Balaban J connectivity index is 1.83. The van der Waals surface area contributed by atoms with E-state index in [1.807, 2.05) is 24.4 Å². The smallest absolute Gasteiger partial charge is 0.273 e. The number of carbonyl (C=O) groups is 1.